The van der Waals surface area contributed by atoms with Crippen molar-refractivity contribution in [1.29, 1.82) is 0 Å². The molecule has 0 amide bonds. The molecule has 1 aliphatic rings. The summed E-state index contributed by atoms with van der Waals surface area (Å²) in [6.45, 7) is 3.40. The molecular formula is C8H12O2. The molecule has 0 aromatic heterocycles. The molecule has 2 N–H and O–H groups in total. The SMILES string of the molecule is CC1=CC=CC(O)C1(C)O. The van der Waals surface area contributed by atoms with Crippen LogP contribution >= 0.6 is 0 Å². The minimum Gasteiger partial charge on any atom is -0.386 e. The summed E-state index contributed by atoms with van der Waals surface area (Å²) in [5.74, 6) is 0. The van der Waals surface area contributed by atoms with E-state index in [-0.39, 0.29) is 0 Å². The summed E-state index contributed by atoms with van der Waals surface area (Å²) in [5, 5.41) is 18.8. The first-order valence-corrected chi connectivity index (χ1v) is 3.31. The second-order valence-corrected chi connectivity index (χ2v) is 2.83. The topological polar surface area (TPSA) is 40.5 Å². The van der Waals surface area contributed by atoms with E-state index >= 15 is 0 Å². The maximum atomic E-state index is 9.54. The van der Waals surface area contributed by atoms with E-state index in [4.69, 9.17) is 0 Å². The molecule has 2 unspecified atom stereocenters. The highest BCUT2D eigenvalue weighted by Gasteiger charge is 2.31. The zero-order chi connectivity index (χ0) is 7.78. The number of aliphatic hydroxyl groups is 2. The van der Waals surface area contributed by atoms with Gasteiger partial charge in [0.1, 0.15) is 11.7 Å². The normalized spacial score (nSPS) is 39.6. The highest BCUT2D eigenvalue weighted by molar-refractivity contribution is 5.28. The average Bonchev–Trinajstić information content (AvgIpc) is 1.84. The molecule has 1 aliphatic carbocycles. The van der Waals surface area contributed by atoms with Gasteiger partial charge in [-0.25, -0.2) is 0 Å². The Morgan fingerprint density at radius 1 is 1.60 bits per heavy atom. The van der Waals surface area contributed by atoms with Crippen molar-refractivity contribution in [2.75, 3.05) is 0 Å². The summed E-state index contributed by atoms with van der Waals surface area (Å²) in [6, 6.07) is 0. The number of aliphatic hydroxyl groups excluding tert-OH is 1. The van der Waals surface area contributed by atoms with E-state index in [0.717, 1.165) is 5.57 Å². The summed E-state index contributed by atoms with van der Waals surface area (Å²) in [5.41, 5.74) is -0.281. The lowest BCUT2D eigenvalue weighted by Gasteiger charge is -2.30. The van der Waals surface area contributed by atoms with E-state index in [0.29, 0.717) is 0 Å². The third kappa shape index (κ3) is 1.00. The first-order chi connectivity index (χ1) is 4.55. The van der Waals surface area contributed by atoms with Gasteiger partial charge in [-0.2, -0.15) is 0 Å². The Morgan fingerprint density at radius 2 is 2.20 bits per heavy atom. The first-order valence-electron chi connectivity index (χ1n) is 3.31. The first kappa shape index (κ1) is 7.51. The monoisotopic (exact) mass is 140 g/mol. The molecule has 0 aromatic rings. The van der Waals surface area contributed by atoms with Crippen LogP contribution < -0.4 is 0 Å². The Bertz CT molecular complexity index is 189. The predicted octanol–water partition coefficient (Wildman–Crippen LogP) is 0.614. The number of rotatable bonds is 0. The van der Waals surface area contributed by atoms with Gasteiger partial charge in [0.05, 0.1) is 0 Å². The lowest BCUT2D eigenvalue weighted by molar-refractivity contribution is -0.00999. The molecule has 0 saturated heterocycles. The van der Waals surface area contributed by atoms with Crippen molar-refractivity contribution in [3.05, 3.63) is 23.8 Å². The van der Waals surface area contributed by atoms with Crippen LogP contribution in [0.5, 0.6) is 0 Å². The third-order valence-corrected chi connectivity index (χ3v) is 2.01. The van der Waals surface area contributed by atoms with Gasteiger partial charge in [-0.05, 0) is 19.4 Å². The summed E-state index contributed by atoms with van der Waals surface area (Å²) in [6.07, 6.45) is 4.36. The van der Waals surface area contributed by atoms with E-state index in [1.807, 2.05) is 0 Å². The van der Waals surface area contributed by atoms with Crippen LogP contribution in [-0.2, 0) is 0 Å². The summed E-state index contributed by atoms with van der Waals surface area (Å²) >= 11 is 0. The number of allylic oxidation sites excluding steroid dienone is 2. The van der Waals surface area contributed by atoms with Crippen LogP contribution in [0.15, 0.2) is 23.8 Å². The molecule has 0 spiro atoms. The Kier molecular flexibility index (Phi) is 1.67. The van der Waals surface area contributed by atoms with Gasteiger partial charge in [-0.15, -0.1) is 0 Å². The van der Waals surface area contributed by atoms with Crippen LogP contribution in [0.25, 0.3) is 0 Å². The summed E-state index contributed by atoms with van der Waals surface area (Å²) in [7, 11) is 0. The van der Waals surface area contributed by atoms with Gasteiger partial charge < -0.3 is 10.2 Å². The quantitative estimate of drug-likeness (QED) is 0.517. The smallest absolute Gasteiger partial charge is 0.112 e. The van der Waals surface area contributed by atoms with Gasteiger partial charge in [-0.1, -0.05) is 18.2 Å². The maximum Gasteiger partial charge on any atom is 0.112 e. The minimum absolute atomic E-state index is 0.766. The molecule has 0 aromatic carbocycles. The largest absolute Gasteiger partial charge is 0.386 e. The second-order valence-electron chi connectivity index (χ2n) is 2.83. The number of hydrogen-bond donors (Lipinski definition) is 2. The molecular weight excluding hydrogens is 128 g/mol. The molecule has 0 radical (unpaired) electrons. The Balaban J connectivity index is 2.93. The highest BCUT2D eigenvalue weighted by Crippen LogP contribution is 2.24. The van der Waals surface area contributed by atoms with Gasteiger partial charge in [-0.3, -0.25) is 0 Å². The molecule has 2 heteroatoms. The molecule has 1 rings (SSSR count). The van der Waals surface area contributed by atoms with Crippen LogP contribution in [0.3, 0.4) is 0 Å². The molecule has 0 heterocycles. The van der Waals surface area contributed by atoms with Crippen molar-refractivity contribution in [3.8, 4) is 0 Å². The molecule has 0 bridgehead atoms. The Labute approximate surface area is 60.5 Å². The van der Waals surface area contributed by atoms with Crippen molar-refractivity contribution < 1.29 is 10.2 Å². The van der Waals surface area contributed by atoms with E-state index in [2.05, 4.69) is 0 Å². The fourth-order valence-corrected chi connectivity index (χ4v) is 0.894. The van der Waals surface area contributed by atoms with Crippen molar-refractivity contribution in [2.24, 2.45) is 0 Å². The molecule has 56 valence electrons. The number of hydrogen-bond acceptors (Lipinski definition) is 2. The van der Waals surface area contributed by atoms with E-state index in [1.54, 1.807) is 32.1 Å². The molecule has 0 aliphatic heterocycles. The second kappa shape index (κ2) is 2.22. The molecule has 0 fully saturated rings. The average molecular weight is 140 g/mol. The summed E-state index contributed by atoms with van der Waals surface area (Å²) < 4.78 is 0. The molecule has 10 heavy (non-hydrogen) atoms. The van der Waals surface area contributed by atoms with Gasteiger partial charge in [0, 0.05) is 0 Å². The van der Waals surface area contributed by atoms with E-state index < -0.39 is 11.7 Å². The van der Waals surface area contributed by atoms with Crippen molar-refractivity contribution in [2.45, 2.75) is 25.6 Å². The van der Waals surface area contributed by atoms with E-state index in [1.165, 1.54) is 0 Å². The van der Waals surface area contributed by atoms with Crippen molar-refractivity contribution in [3.63, 3.8) is 0 Å². The van der Waals surface area contributed by atoms with Crippen LogP contribution in [-0.4, -0.2) is 21.9 Å². The van der Waals surface area contributed by atoms with Crippen molar-refractivity contribution >= 4 is 0 Å². The summed E-state index contributed by atoms with van der Waals surface area (Å²) in [4.78, 5) is 0. The predicted molar refractivity (Wildman–Crippen MR) is 39.5 cm³/mol. The van der Waals surface area contributed by atoms with Gasteiger partial charge >= 0.3 is 0 Å². The van der Waals surface area contributed by atoms with Crippen molar-refractivity contribution in [1.82, 2.24) is 0 Å². The Hall–Kier alpha value is -0.600. The lowest BCUT2D eigenvalue weighted by atomic mass is 9.87. The van der Waals surface area contributed by atoms with Crippen LogP contribution in [0.4, 0.5) is 0 Å². The van der Waals surface area contributed by atoms with E-state index in [9.17, 15) is 10.2 Å². The molecule has 0 saturated carbocycles. The van der Waals surface area contributed by atoms with Gasteiger partial charge in [0.15, 0.2) is 0 Å². The molecule has 2 nitrogen and oxygen atoms in total. The highest BCUT2D eigenvalue weighted by atomic mass is 16.3. The standard InChI is InChI=1S/C8H12O2/c1-6-4-3-5-7(9)8(6,2)10/h3-5,7,9-10H,1-2H3. The lowest BCUT2D eigenvalue weighted by Crippen LogP contribution is -2.40. The zero-order valence-corrected chi connectivity index (χ0v) is 6.20. The fraction of sp³-hybridized carbons (Fsp3) is 0.500. The minimum atomic E-state index is -1.07. The van der Waals surface area contributed by atoms with Gasteiger partial charge in [0.25, 0.3) is 0 Å². The van der Waals surface area contributed by atoms with Gasteiger partial charge in [0.2, 0.25) is 0 Å². The van der Waals surface area contributed by atoms with Crippen LogP contribution in [0.1, 0.15) is 13.8 Å². The Morgan fingerprint density at radius 3 is 2.60 bits per heavy atom. The molecule has 2 atom stereocenters. The fourth-order valence-electron chi connectivity index (χ4n) is 0.894. The maximum absolute atomic E-state index is 9.54. The van der Waals surface area contributed by atoms with Crippen LogP contribution in [0, 0.1) is 0 Å². The third-order valence-electron chi connectivity index (χ3n) is 2.01. The zero-order valence-electron chi connectivity index (χ0n) is 6.20. The van der Waals surface area contributed by atoms with Crippen LogP contribution in [0.2, 0.25) is 0 Å².